The van der Waals surface area contributed by atoms with Gasteiger partial charge in [0.2, 0.25) is 0 Å². The van der Waals surface area contributed by atoms with E-state index in [9.17, 15) is 26.6 Å². The smallest absolute Gasteiger partial charge is 0.403 e. The molecule has 2 aromatic rings. The standard InChI is InChI=1S/C18H17BrF4N2O3S/c1-16(2,29(24)27)9-17(10-26,15-12(19)4-3-7-25-15)11-5-6-14(13(20)8-11)28-18(21,22)23/h3-8,10H,9,24H2,1-2H3/t17-,29?/m1/s1. The van der Waals surface area contributed by atoms with Crippen molar-refractivity contribution in [1.29, 1.82) is 0 Å². The third kappa shape index (κ3) is 5.20. The average molecular weight is 497 g/mol. The first kappa shape index (κ1) is 23.4. The number of aromatic nitrogens is 1. The van der Waals surface area contributed by atoms with Gasteiger partial charge in [0.05, 0.1) is 26.8 Å². The fourth-order valence-electron chi connectivity index (χ4n) is 2.93. The summed E-state index contributed by atoms with van der Waals surface area (Å²) in [6.07, 6.45) is -3.33. The molecule has 0 spiro atoms. The number of hydrogen-bond donors (Lipinski definition) is 1. The van der Waals surface area contributed by atoms with E-state index < -0.39 is 39.1 Å². The Morgan fingerprint density at radius 1 is 1.28 bits per heavy atom. The highest BCUT2D eigenvalue weighted by Crippen LogP contribution is 2.42. The first-order valence-corrected chi connectivity index (χ1v) is 10.1. The van der Waals surface area contributed by atoms with Crippen LogP contribution in [0, 0.1) is 5.82 Å². The quantitative estimate of drug-likeness (QED) is 0.460. The predicted molar refractivity (Wildman–Crippen MR) is 103 cm³/mol. The first-order valence-electron chi connectivity index (χ1n) is 8.12. The summed E-state index contributed by atoms with van der Waals surface area (Å²) < 4.78 is 66.7. The molecule has 2 atom stereocenters. The molecule has 0 fully saturated rings. The normalized spacial score (nSPS) is 15.4. The highest BCUT2D eigenvalue weighted by molar-refractivity contribution is 9.10. The number of hydrogen-bond acceptors (Lipinski definition) is 4. The Labute approximate surface area is 175 Å². The van der Waals surface area contributed by atoms with E-state index in [1.165, 1.54) is 6.20 Å². The Balaban J connectivity index is 2.71. The van der Waals surface area contributed by atoms with Gasteiger partial charge in [0.25, 0.3) is 0 Å². The summed E-state index contributed by atoms with van der Waals surface area (Å²) in [6, 6.07) is 5.88. The van der Waals surface area contributed by atoms with Gasteiger partial charge in [-0.05, 0) is 66.0 Å². The molecule has 0 radical (unpaired) electrons. The minimum absolute atomic E-state index is 0.0115. The summed E-state index contributed by atoms with van der Waals surface area (Å²) in [4.78, 5) is 16.6. The zero-order valence-electron chi connectivity index (χ0n) is 15.3. The van der Waals surface area contributed by atoms with E-state index in [0.29, 0.717) is 10.8 Å². The van der Waals surface area contributed by atoms with Crippen molar-refractivity contribution in [3.63, 3.8) is 0 Å². The second-order valence-electron chi connectivity index (χ2n) is 6.85. The number of rotatable bonds is 7. The fourth-order valence-corrected chi connectivity index (χ4v) is 3.91. The fraction of sp³-hybridized carbons (Fsp3) is 0.333. The highest BCUT2D eigenvalue weighted by atomic mass is 79.9. The molecule has 29 heavy (non-hydrogen) atoms. The van der Waals surface area contributed by atoms with Crippen LogP contribution in [0.1, 0.15) is 31.5 Å². The van der Waals surface area contributed by atoms with E-state index in [4.69, 9.17) is 5.14 Å². The maximum atomic E-state index is 14.4. The van der Waals surface area contributed by atoms with E-state index >= 15 is 0 Å². The lowest BCUT2D eigenvalue weighted by atomic mass is 9.72. The van der Waals surface area contributed by atoms with Gasteiger partial charge in [-0.25, -0.2) is 8.60 Å². The molecule has 158 valence electrons. The van der Waals surface area contributed by atoms with Crippen LogP contribution in [0.2, 0.25) is 0 Å². The number of pyridine rings is 1. The Hall–Kier alpha value is -1.85. The summed E-state index contributed by atoms with van der Waals surface area (Å²) in [5.74, 6) is -2.35. The lowest BCUT2D eigenvalue weighted by Crippen LogP contribution is -2.43. The van der Waals surface area contributed by atoms with Crippen molar-refractivity contribution in [3.05, 3.63) is 58.1 Å². The van der Waals surface area contributed by atoms with Crippen molar-refractivity contribution in [2.45, 2.75) is 36.8 Å². The van der Waals surface area contributed by atoms with Gasteiger partial charge in [-0.1, -0.05) is 6.07 Å². The topological polar surface area (TPSA) is 82.3 Å². The molecule has 0 saturated carbocycles. The van der Waals surface area contributed by atoms with Crippen LogP contribution in [0.15, 0.2) is 41.0 Å². The van der Waals surface area contributed by atoms with Crippen molar-refractivity contribution in [3.8, 4) is 5.75 Å². The summed E-state index contributed by atoms with van der Waals surface area (Å²) in [5, 5.41) is 5.55. The number of halogens is 5. The van der Waals surface area contributed by atoms with Crippen LogP contribution in [0.3, 0.4) is 0 Å². The number of carbonyl (C=O) groups excluding carboxylic acids is 1. The Kier molecular flexibility index (Phi) is 6.86. The van der Waals surface area contributed by atoms with E-state index in [0.717, 1.165) is 18.2 Å². The van der Waals surface area contributed by atoms with Crippen molar-refractivity contribution in [1.82, 2.24) is 4.98 Å². The average Bonchev–Trinajstić information content (AvgIpc) is 2.61. The van der Waals surface area contributed by atoms with Gasteiger partial charge in [-0.3, -0.25) is 10.1 Å². The predicted octanol–water partition coefficient (Wildman–Crippen LogP) is 4.16. The Bertz CT molecular complexity index is 940. The van der Waals surface area contributed by atoms with Gasteiger partial charge in [0.15, 0.2) is 11.6 Å². The van der Waals surface area contributed by atoms with E-state index in [1.54, 1.807) is 26.0 Å². The molecule has 5 nitrogen and oxygen atoms in total. The number of nitrogens with zero attached hydrogens (tertiary/aromatic N) is 1. The maximum Gasteiger partial charge on any atom is 0.573 e. The lowest BCUT2D eigenvalue weighted by molar-refractivity contribution is -0.275. The van der Waals surface area contributed by atoms with Crippen LogP contribution in [-0.2, 0) is 21.2 Å². The largest absolute Gasteiger partial charge is 0.573 e. The molecule has 2 N–H and O–H groups in total. The molecule has 0 saturated heterocycles. The van der Waals surface area contributed by atoms with Gasteiger partial charge < -0.3 is 9.53 Å². The number of nitrogens with two attached hydrogens (primary N) is 1. The molecule has 0 aliphatic rings. The molecule has 1 aromatic carbocycles. The molecule has 11 heteroatoms. The van der Waals surface area contributed by atoms with Gasteiger partial charge >= 0.3 is 6.36 Å². The van der Waals surface area contributed by atoms with Crippen molar-refractivity contribution in [2.75, 3.05) is 0 Å². The molecule has 2 rings (SSSR count). The van der Waals surface area contributed by atoms with Crippen LogP contribution in [0.4, 0.5) is 17.6 Å². The van der Waals surface area contributed by atoms with Crippen LogP contribution >= 0.6 is 15.9 Å². The molecule has 0 aliphatic heterocycles. The lowest BCUT2D eigenvalue weighted by Gasteiger charge is -2.35. The minimum atomic E-state index is -5.08. The molecular formula is C18H17BrF4N2O3S. The Morgan fingerprint density at radius 3 is 2.41 bits per heavy atom. The third-order valence-corrected chi connectivity index (χ3v) is 6.18. The number of alkyl halides is 3. The second-order valence-corrected chi connectivity index (χ2v) is 9.40. The molecule has 0 amide bonds. The van der Waals surface area contributed by atoms with Crippen LogP contribution < -0.4 is 9.88 Å². The summed E-state index contributed by atoms with van der Waals surface area (Å²) in [5.41, 5.74) is -1.45. The number of carbonyl (C=O) groups is 1. The number of benzene rings is 1. The number of aldehydes is 1. The zero-order chi connectivity index (χ0) is 22.0. The molecule has 1 aromatic heterocycles. The molecule has 0 bridgehead atoms. The molecule has 1 heterocycles. The van der Waals surface area contributed by atoms with Crippen LogP contribution in [0.5, 0.6) is 5.75 Å². The van der Waals surface area contributed by atoms with Gasteiger partial charge in [0, 0.05) is 10.7 Å². The third-order valence-electron chi connectivity index (χ3n) is 4.30. The molecule has 0 aliphatic carbocycles. The van der Waals surface area contributed by atoms with Gasteiger partial charge in [-0.15, -0.1) is 13.2 Å². The van der Waals surface area contributed by atoms with Gasteiger partial charge in [0.1, 0.15) is 6.29 Å². The van der Waals surface area contributed by atoms with Gasteiger partial charge in [-0.2, -0.15) is 0 Å². The summed E-state index contributed by atoms with van der Waals surface area (Å²) >= 11 is 3.29. The van der Waals surface area contributed by atoms with E-state index in [1.807, 2.05) is 0 Å². The highest BCUT2D eigenvalue weighted by Gasteiger charge is 2.44. The van der Waals surface area contributed by atoms with Crippen LogP contribution in [0.25, 0.3) is 0 Å². The van der Waals surface area contributed by atoms with Crippen molar-refractivity contribution >= 4 is 33.2 Å². The van der Waals surface area contributed by atoms with E-state index in [-0.39, 0.29) is 17.7 Å². The summed E-state index contributed by atoms with van der Waals surface area (Å²) in [7, 11) is -1.87. The molecule has 1 unspecified atom stereocenters. The SMILES string of the molecule is CC(C)(C[C@@](C=O)(c1ccc(OC(F)(F)F)c(F)c1)c1ncccc1Br)S(N)=O. The second kappa shape index (κ2) is 8.49. The Morgan fingerprint density at radius 2 is 1.93 bits per heavy atom. The zero-order valence-corrected chi connectivity index (χ0v) is 17.7. The monoisotopic (exact) mass is 496 g/mol. The number of ether oxygens (including phenoxy) is 1. The first-order chi connectivity index (χ1) is 13.3. The molecular weight excluding hydrogens is 480 g/mol. The van der Waals surface area contributed by atoms with Crippen molar-refractivity contribution in [2.24, 2.45) is 5.14 Å². The summed E-state index contributed by atoms with van der Waals surface area (Å²) in [6.45, 7) is 3.10. The maximum absolute atomic E-state index is 14.4. The minimum Gasteiger partial charge on any atom is -0.403 e. The van der Waals surface area contributed by atoms with Crippen molar-refractivity contribution < 1.29 is 31.3 Å². The van der Waals surface area contributed by atoms with E-state index in [2.05, 4.69) is 25.7 Å². The van der Waals surface area contributed by atoms with Crippen LogP contribution in [-0.4, -0.2) is 26.6 Å².